The maximum absolute atomic E-state index is 13.3. The third-order valence-electron chi connectivity index (χ3n) is 4.53. The van der Waals surface area contributed by atoms with Crippen molar-refractivity contribution >= 4 is 5.91 Å². The molecule has 114 valence electrons. The normalized spacial score (nSPS) is 23.3. The predicted molar refractivity (Wildman–Crippen MR) is 79.5 cm³/mol. The number of furan rings is 1. The van der Waals surface area contributed by atoms with E-state index in [-0.39, 0.29) is 23.6 Å². The van der Waals surface area contributed by atoms with Crippen LogP contribution >= 0.6 is 0 Å². The molecule has 4 rings (SSSR count). The maximum atomic E-state index is 13.3. The largest absolute Gasteiger partial charge is 0.469 e. The second-order valence-corrected chi connectivity index (χ2v) is 6.29. The van der Waals surface area contributed by atoms with Crippen molar-refractivity contribution < 1.29 is 13.6 Å². The van der Waals surface area contributed by atoms with Crippen LogP contribution in [0.2, 0.25) is 0 Å². The highest BCUT2D eigenvalue weighted by Gasteiger charge is 2.49. The van der Waals surface area contributed by atoms with E-state index in [1.807, 2.05) is 23.1 Å². The van der Waals surface area contributed by atoms with Gasteiger partial charge in [-0.1, -0.05) is 12.1 Å². The van der Waals surface area contributed by atoms with Crippen molar-refractivity contribution in [1.29, 1.82) is 0 Å². The average molecular weight is 299 g/mol. The maximum Gasteiger partial charge on any atom is 0.226 e. The van der Waals surface area contributed by atoms with Crippen LogP contribution in [-0.4, -0.2) is 16.8 Å². The SMILES string of the molecule is O=C([C@H]1C[C@H]1c1ccco1)N(Cc1cccc(F)c1)C1CC1. The van der Waals surface area contributed by atoms with Gasteiger partial charge in [0.25, 0.3) is 0 Å². The Morgan fingerprint density at radius 3 is 2.82 bits per heavy atom. The molecule has 2 aromatic rings. The van der Waals surface area contributed by atoms with Gasteiger partial charge in [0.15, 0.2) is 0 Å². The summed E-state index contributed by atoms with van der Waals surface area (Å²) in [5.41, 5.74) is 0.857. The molecule has 0 unspecified atom stereocenters. The molecule has 0 bridgehead atoms. The van der Waals surface area contributed by atoms with Crippen LogP contribution in [0.1, 0.15) is 36.5 Å². The van der Waals surface area contributed by atoms with Crippen molar-refractivity contribution in [2.75, 3.05) is 0 Å². The van der Waals surface area contributed by atoms with E-state index >= 15 is 0 Å². The van der Waals surface area contributed by atoms with E-state index in [1.54, 1.807) is 12.3 Å². The third kappa shape index (κ3) is 2.65. The molecule has 1 aromatic heterocycles. The summed E-state index contributed by atoms with van der Waals surface area (Å²) in [7, 11) is 0. The first-order valence-electron chi connectivity index (χ1n) is 7.80. The zero-order valence-electron chi connectivity index (χ0n) is 12.2. The van der Waals surface area contributed by atoms with Gasteiger partial charge in [-0.2, -0.15) is 0 Å². The van der Waals surface area contributed by atoms with E-state index in [0.717, 1.165) is 30.6 Å². The van der Waals surface area contributed by atoms with Gasteiger partial charge >= 0.3 is 0 Å². The summed E-state index contributed by atoms with van der Waals surface area (Å²) in [5.74, 6) is 1.09. The van der Waals surface area contributed by atoms with E-state index < -0.39 is 0 Å². The summed E-state index contributed by atoms with van der Waals surface area (Å²) in [5, 5.41) is 0. The predicted octanol–water partition coefficient (Wildman–Crippen LogP) is 3.71. The second-order valence-electron chi connectivity index (χ2n) is 6.29. The van der Waals surface area contributed by atoms with Crippen LogP contribution in [0.25, 0.3) is 0 Å². The summed E-state index contributed by atoms with van der Waals surface area (Å²) in [4.78, 5) is 14.7. The monoisotopic (exact) mass is 299 g/mol. The Labute approximate surface area is 128 Å². The van der Waals surface area contributed by atoms with E-state index in [2.05, 4.69) is 0 Å². The molecule has 2 atom stereocenters. The van der Waals surface area contributed by atoms with Crippen LogP contribution < -0.4 is 0 Å². The number of nitrogens with zero attached hydrogens (tertiary/aromatic N) is 1. The van der Waals surface area contributed by atoms with Gasteiger partial charge in [-0.25, -0.2) is 4.39 Å². The number of carbonyl (C=O) groups is 1. The molecule has 2 aliphatic rings. The highest BCUT2D eigenvalue weighted by atomic mass is 19.1. The first kappa shape index (κ1) is 13.6. The zero-order valence-corrected chi connectivity index (χ0v) is 12.2. The number of carbonyl (C=O) groups excluding carboxylic acids is 1. The number of benzene rings is 1. The molecule has 22 heavy (non-hydrogen) atoms. The van der Waals surface area contributed by atoms with Gasteiger partial charge in [-0.3, -0.25) is 4.79 Å². The third-order valence-corrected chi connectivity index (χ3v) is 4.53. The molecule has 0 spiro atoms. The lowest BCUT2D eigenvalue weighted by Crippen LogP contribution is -2.34. The topological polar surface area (TPSA) is 33.5 Å². The van der Waals surface area contributed by atoms with Crippen LogP contribution in [0, 0.1) is 11.7 Å². The van der Waals surface area contributed by atoms with Crippen molar-refractivity contribution in [3.8, 4) is 0 Å². The van der Waals surface area contributed by atoms with Crippen LogP contribution in [-0.2, 0) is 11.3 Å². The van der Waals surface area contributed by atoms with Crippen molar-refractivity contribution in [3.63, 3.8) is 0 Å². The highest BCUT2D eigenvalue weighted by Crippen LogP contribution is 2.49. The molecule has 2 fully saturated rings. The number of halogens is 1. The fourth-order valence-electron chi connectivity index (χ4n) is 3.10. The molecular formula is C18H18FNO2. The van der Waals surface area contributed by atoms with Gasteiger partial charge in [0.05, 0.1) is 6.26 Å². The van der Waals surface area contributed by atoms with Crippen LogP contribution in [0.15, 0.2) is 47.1 Å². The first-order valence-corrected chi connectivity index (χ1v) is 7.80. The molecule has 2 aliphatic carbocycles. The Morgan fingerprint density at radius 2 is 2.14 bits per heavy atom. The molecule has 0 saturated heterocycles. The minimum atomic E-state index is -0.249. The van der Waals surface area contributed by atoms with Gasteiger partial charge in [0, 0.05) is 24.4 Å². The smallest absolute Gasteiger partial charge is 0.226 e. The molecular weight excluding hydrogens is 281 g/mol. The molecule has 0 aliphatic heterocycles. The summed E-state index contributed by atoms with van der Waals surface area (Å²) >= 11 is 0. The number of amides is 1. The molecule has 1 aromatic carbocycles. The van der Waals surface area contributed by atoms with Crippen molar-refractivity contribution in [1.82, 2.24) is 4.90 Å². The van der Waals surface area contributed by atoms with Gasteiger partial charge < -0.3 is 9.32 Å². The Morgan fingerprint density at radius 1 is 1.27 bits per heavy atom. The molecule has 1 heterocycles. The van der Waals surface area contributed by atoms with Crippen LogP contribution in [0.5, 0.6) is 0 Å². The van der Waals surface area contributed by atoms with E-state index in [1.165, 1.54) is 12.1 Å². The lowest BCUT2D eigenvalue weighted by Gasteiger charge is -2.23. The minimum Gasteiger partial charge on any atom is -0.469 e. The minimum absolute atomic E-state index is 0.0281. The van der Waals surface area contributed by atoms with Crippen molar-refractivity contribution in [3.05, 3.63) is 59.8 Å². The highest BCUT2D eigenvalue weighted by molar-refractivity contribution is 5.83. The Kier molecular flexibility index (Phi) is 3.25. The summed E-state index contributed by atoms with van der Waals surface area (Å²) in [6.07, 6.45) is 4.62. The van der Waals surface area contributed by atoms with Crippen molar-refractivity contribution in [2.45, 2.75) is 37.8 Å². The van der Waals surface area contributed by atoms with Crippen LogP contribution in [0.4, 0.5) is 4.39 Å². The molecule has 0 radical (unpaired) electrons. The Bertz CT molecular complexity index is 678. The molecule has 4 heteroatoms. The summed E-state index contributed by atoms with van der Waals surface area (Å²) in [6.45, 7) is 0.503. The van der Waals surface area contributed by atoms with E-state index in [0.29, 0.717) is 12.6 Å². The van der Waals surface area contributed by atoms with Crippen molar-refractivity contribution in [2.24, 2.45) is 5.92 Å². The Hall–Kier alpha value is -2.10. The van der Waals surface area contributed by atoms with Gasteiger partial charge in [-0.05, 0) is 49.1 Å². The zero-order chi connectivity index (χ0) is 15.1. The average Bonchev–Trinajstić information content (AvgIpc) is 3.44. The molecule has 3 nitrogen and oxygen atoms in total. The number of rotatable bonds is 5. The molecule has 0 N–H and O–H groups in total. The number of hydrogen-bond donors (Lipinski definition) is 0. The first-order chi connectivity index (χ1) is 10.7. The summed E-state index contributed by atoms with van der Waals surface area (Å²) < 4.78 is 18.7. The van der Waals surface area contributed by atoms with Gasteiger partial charge in [0.2, 0.25) is 5.91 Å². The van der Waals surface area contributed by atoms with E-state index in [9.17, 15) is 9.18 Å². The van der Waals surface area contributed by atoms with Gasteiger partial charge in [-0.15, -0.1) is 0 Å². The van der Waals surface area contributed by atoms with Gasteiger partial charge in [0.1, 0.15) is 11.6 Å². The fraction of sp³-hybridized carbons (Fsp3) is 0.389. The van der Waals surface area contributed by atoms with E-state index in [4.69, 9.17) is 4.42 Å². The standard InChI is InChI=1S/C18H18FNO2/c19-13-4-1-3-12(9-13)11-20(14-6-7-14)18(21)16-10-15(16)17-5-2-8-22-17/h1-5,8-9,14-16H,6-7,10-11H2/t15-,16+/m1/s1. The second kappa shape index (κ2) is 5.27. The fourth-order valence-corrected chi connectivity index (χ4v) is 3.10. The molecule has 1 amide bonds. The summed E-state index contributed by atoms with van der Waals surface area (Å²) in [6, 6.07) is 10.6. The molecule has 2 saturated carbocycles. The number of hydrogen-bond acceptors (Lipinski definition) is 2. The lowest BCUT2D eigenvalue weighted by molar-refractivity contribution is -0.134. The van der Waals surface area contributed by atoms with Crippen LogP contribution in [0.3, 0.4) is 0 Å². The quantitative estimate of drug-likeness (QED) is 0.843. The Balaban J connectivity index is 1.47. The lowest BCUT2D eigenvalue weighted by atomic mass is 10.1.